The molecule has 1 aliphatic heterocycles. The molecule has 160 valence electrons. The van der Waals surface area contributed by atoms with Crippen molar-refractivity contribution in [1.82, 2.24) is 4.90 Å². The topological polar surface area (TPSA) is 84.0 Å². The summed E-state index contributed by atoms with van der Waals surface area (Å²) in [5.41, 5.74) is 1.54. The van der Waals surface area contributed by atoms with Crippen molar-refractivity contribution < 1.29 is 22.7 Å². The Labute approximate surface area is 181 Å². The lowest BCUT2D eigenvalue weighted by Gasteiger charge is -2.21. The van der Waals surface area contributed by atoms with Gasteiger partial charge in [-0.3, -0.25) is 9.10 Å². The van der Waals surface area contributed by atoms with Gasteiger partial charge in [-0.2, -0.15) is 0 Å². The molecule has 2 aromatic rings. The number of benzene rings is 2. The Morgan fingerprint density at radius 1 is 1.20 bits per heavy atom. The fourth-order valence-electron chi connectivity index (χ4n) is 3.10. The SMILES string of the molecule is CC(C)N(C)C(=O)COC(=O)c1ccc(Cl)c(S(=O)(=O)N2CCc3ccccc32)c1. The van der Waals surface area contributed by atoms with E-state index in [0.29, 0.717) is 18.7 Å². The van der Waals surface area contributed by atoms with Crippen molar-refractivity contribution in [1.29, 1.82) is 0 Å². The third-order valence-corrected chi connectivity index (χ3v) is 7.37. The number of amides is 1. The Morgan fingerprint density at radius 2 is 1.90 bits per heavy atom. The summed E-state index contributed by atoms with van der Waals surface area (Å²) in [4.78, 5) is 25.7. The standard InChI is InChI=1S/C21H23ClN2O5S/c1-14(2)23(3)20(25)13-29-21(26)16-8-9-17(22)19(12-16)30(27,28)24-11-10-15-6-4-5-7-18(15)24/h4-9,12,14H,10-11,13H2,1-3H3. The number of carbonyl (C=O) groups excluding carboxylic acids is 2. The molecule has 0 spiro atoms. The predicted molar refractivity (Wildman–Crippen MR) is 114 cm³/mol. The van der Waals surface area contributed by atoms with Gasteiger partial charge in [0.25, 0.3) is 15.9 Å². The lowest BCUT2D eigenvalue weighted by molar-refractivity contribution is -0.134. The van der Waals surface area contributed by atoms with Crippen LogP contribution in [0, 0.1) is 0 Å². The van der Waals surface area contributed by atoms with Crippen LogP contribution >= 0.6 is 11.6 Å². The number of esters is 1. The van der Waals surface area contributed by atoms with Gasteiger partial charge < -0.3 is 9.64 Å². The summed E-state index contributed by atoms with van der Waals surface area (Å²) < 4.78 is 32.9. The number of hydrogen-bond donors (Lipinski definition) is 0. The molecule has 0 aromatic heterocycles. The Bertz CT molecular complexity index is 1080. The number of likely N-dealkylation sites (N-methyl/N-ethyl adjacent to an activating group) is 1. The molecule has 0 radical (unpaired) electrons. The van der Waals surface area contributed by atoms with E-state index >= 15 is 0 Å². The van der Waals surface area contributed by atoms with Gasteiger partial charge in [-0.1, -0.05) is 29.8 Å². The first-order chi connectivity index (χ1) is 14.1. The minimum absolute atomic E-state index is 0.00505. The normalized spacial score (nSPS) is 13.3. The summed E-state index contributed by atoms with van der Waals surface area (Å²) in [6, 6.07) is 11.1. The molecular weight excluding hydrogens is 428 g/mol. The molecule has 0 aliphatic carbocycles. The maximum absolute atomic E-state index is 13.3. The highest BCUT2D eigenvalue weighted by Crippen LogP contribution is 2.35. The predicted octanol–water partition coefficient (Wildman–Crippen LogP) is 3.12. The fourth-order valence-corrected chi connectivity index (χ4v) is 5.11. The maximum Gasteiger partial charge on any atom is 0.338 e. The highest BCUT2D eigenvalue weighted by atomic mass is 35.5. The van der Waals surface area contributed by atoms with Gasteiger partial charge in [0.2, 0.25) is 0 Å². The van der Waals surface area contributed by atoms with Crippen LogP contribution in [0.5, 0.6) is 0 Å². The highest BCUT2D eigenvalue weighted by molar-refractivity contribution is 7.93. The van der Waals surface area contributed by atoms with Crippen LogP contribution < -0.4 is 4.31 Å². The van der Waals surface area contributed by atoms with Crippen LogP contribution in [0.25, 0.3) is 0 Å². The zero-order valence-corrected chi connectivity index (χ0v) is 18.5. The van der Waals surface area contributed by atoms with Gasteiger partial charge in [0, 0.05) is 19.6 Å². The molecule has 1 heterocycles. The molecule has 0 unspecified atom stereocenters. The minimum Gasteiger partial charge on any atom is -0.452 e. The molecule has 9 heteroatoms. The van der Waals surface area contributed by atoms with Gasteiger partial charge in [-0.15, -0.1) is 0 Å². The van der Waals surface area contributed by atoms with Gasteiger partial charge in [0.1, 0.15) is 4.90 Å². The molecule has 0 N–H and O–H groups in total. The zero-order valence-electron chi connectivity index (χ0n) is 17.0. The fraction of sp³-hybridized carbons (Fsp3) is 0.333. The van der Waals surface area contributed by atoms with E-state index in [-0.39, 0.29) is 27.4 Å². The molecule has 0 fully saturated rings. The Hall–Kier alpha value is -2.58. The lowest BCUT2D eigenvalue weighted by atomic mass is 10.2. The van der Waals surface area contributed by atoms with Gasteiger partial charge in [0.15, 0.2) is 6.61 Å². The minimum atomic E-state index is -3.98. The molecule has 7 nitrogen and oxygen atoms in total. The average Bonchev–Trinajstić information content (AvgIpc) is 3.16. The molecule has 0 saturated carbocycles. The number of sulfonamides is 1. The van der Waals surface area contributed by atoms with Crippen molar-refractivity contribution in [3.8, 4) is 0 Å². The smallest absolute Gasteiger partial charge is 0.338 e. The number of para-hydroxylation sites is 1. The van der Waals surface area contributed by atoms with E-state index in [1.54, 1.807) is 19.2 Å². The molecule has 0 atom stereocenters. The molecule has 2 aromatic carbocycles. The van der Waals surface area contributed by atoms with Gasteiger partial charge in [-0.05, 0) is 50.1 Å². The number of hydrogen-bond acceptors (Lipinski definition) is 5. The van der Waals surface area contributed by atoms with Crippen LogP contribution in [0.15, 0.2) is 47.4 Å². The van der Waals surface area contributed by atoms with Crippen molar-refractivity contribution in [2.75, 3.05) is 24.5 Å². The van der Waals surface area contributed by atoms with E-state index < -0.39 is 22.6 Å². The van der Waals surface area contributed by atoms with Crippen LogP contribution in [-0.2, 0) is 26.0 Å². The first-order valence-corrected chi connectivity index (χ1v) is 11.3. The maximum atomic E-state index is 13.3. The highest BCUT2D eigenvalue weighted by Gasteiger charge is 2.32. The van der Waals surface area contributed by atoms with Crippen LogP contribution in [-0.4, -0.2) is 51.4 Å². The number of fused-ring (bicyclic) bond motifs is 1. The van der Waals surface area contributed by atoms with Crippen molar-refractivity contribution >= 4 is 39.2 Å². The number of nitrogens with zero attached hydrogens (tertiary/aromatic N) is 2. The monoisotopic (exact) mass is 450 g/mol. The Kier molecular flexibility index (Phi) is 6.38. The summed E-state index contributed by atoms with van der Waals surface area (Å²) in [5.74, 6) is -1.15. The summed E-state index contributed by atoms with van der Waals surface area (Å²) in [7, 11) is -2.36. The molecule has 30 heavy (non-hydrogen) atoms. The zero-order chi connectivity index (χ0) is 22.1. The Morgan fingerprint density at radius 3 is 2.60 bits per heavy atom. The van der Waals surface area contributed by atoms with Crippen molar-refractivity contribution in [2.45, 2.75) is 31.2 Å². The quantitative estimate of drug-likeness (QED) is 0.631. The second-order valence-corrected chi connectivity index (χ2v) is 9.51. The van der Waals surface area contributed by atoms with Crippen molar-refractivity contribution in [3.05, 3.63) is 58.6 Å². The number of carbonyl (C=O) groups is 2. The van der Waals surface area contributed by atoms with Crippen LogP contribution in [0.4, 0.5) is 5.69 Å². The van der Waals surface area contributed by atoms with Crippen LogP contribution in [0.3, 0.4) is 0 Å². The first-order valence-electron chi connectivity index (χ1n) is 9.46. The largest absolute Gasteiger partial charge is 0.452 e. The summed E-state index contributed by atoms with van der Waals surface area (Å²) in [5, 5.41) is 0.00606. The second kappa shape index (κ2) is 8.65. The first kappa shape index (κ1) is 22.1. The Balaban J connectivity index is 1.83. The summed E-state index contributed by atoms with van der Waals surface area (Å²) in [6.07, 6.45) is 0.597. The van der Waals surface area contributed by atoms with Gasteiger partial charge >= 0.3 is 5.97 Å². The summed E-state index contributed by atoms with van der Waals surface area (Å²) >= 11 is 6.18. The lowest BCUT2D eigenvalue weighted by Crippen LogP contribution is -2.36. The number of halogens is 1. The number of rotatable bonds is 6. The molecular formula is C21H23ClN2O5S. The third-order valence-electron chi connectivity index (χ3n) is 5.07. The van der Waals surface area contributed by atoms with E-state index in [4.69, 9.17) is 16.3 Å². The number of anilines is 1. The third kappa shape index (κ3) is 4.29. The van der Waals surface area contributed by atoms with E-state index in [1.165, 1.54) is 27.4 Å². The van der Waals surface area contributed by atoms with Crippen LogP contribution in [0.1, 0.15) is 29.8 Å². The van der Waals surface area contributed by atoms with E-state index in [1.807, 2.05) is 26.0 Å². The number of ether oxygens (including phenoxy) is 1. The van der Waals surface area contributed by atoms with Gasteiger partial charge in [0.05, 0.1) is 16.3 Å². The van der Waals surface area contributed by atoms with E-state index in [2.05, 4.69) is 0 Å². The molecule has 1 aliphatic rings. The molecule has 0 bridgehead atoms. The average molecular weight is 451 g/mol. The summed E-state index contributed by atoms with van der Waals surface area (Å²) in [6.45, 7) is 3.54. The molecule has 1 amide bonds. The van der Waals surface area contributed by atoms with Crippen LogP contribution in [0.2, 0.25) is 5.02 Å². The van der Waals surface area contributed by atoms with Gasteiger partial charge in [-0.25, -0.2) is 13.2 Å². The molecule has 0 saturated heterocycles. The molecule has 3 rings (SSSR count). The van der Waals surface area contributed by atoms with Crippen molar-refractivity contribution in [3.63, 3.8) is 0 Å². The second-order valence-electron chi connectivity index (χ2n) is 7.28. The van der Waals surface area contributed by atoms with Crippen molar-refractivity contribution in [2.24, 2.45) is 0 Å². The van der Waals surface area contributed by atoms with E-state index in [0.717, 1.165) is 5.56 Å². The van der Waals surface area contributed by atoms with E-state index in [9.17, 15) is 18.0 Å².